The van der Waals surface area contributed by atoms with Gasteiger partial charge < -0.3 is 29.9 Å². The number of anilines is 1. The number of aromatic nitrogens is 2. The van der Waals surface area contributed by atoms with Gasteiger partial charge >= 0.3 is 0 Å². The van der Waals surface area contributed by atoms with Crippen molar-refractivity contribution in [1.29, 1.82) is 0 Å². The highest BCUT2D eigenvalue weighted by atomic mass is 16.2. The van der Waals surface area contributed by atoms with Crippen molar-refractivity contribution in [2.45, 2.75) is 79.4 Å². The van der Waals surface area contributed by atoms with Crippen LogP contribution in [-0.4, -0.2) is 113 Å². The van der Waals surface area contributed by atoms with Crippen LogP contribution in [-0.2, 0) is 4.79 Å². The first-order valence-electron chi connectivity index (χ1n) is 18.9. The van der Waals surface area contributed by atoms with Gasteiger partial charge in [-0.3, -0.25) is 14.4 Å². The average Bonchev–Trinajstić information content (AvgIpc) is 3.75. The number of piperidine rings is 1. The lowest BCUT2D eigenvalue weighted by molar-refractivity contribution is -0.149. The van der Waals surface area contributed by atoms with Gasteiger partial charge in [-0.2, -0.15) is 0 Å². The third-order valence-electron chi connectivity index (χ3n) is 10.1. The van der Waals surface area contributed by atoms with Crippen LogP contribution in [0.25, 0.3) is 10.9 Å². The van der Waals surface area contributed by atoms with Crippen LogP contribution >= 0.6 is 0 Å². The number of likely N-dealkylation sites (tertiary alicyclic amines) is 2. The lowest BCUT2D eigenvalue weighted by Gasteiger charge is -2.52. The van der Waals surface area contributed by atoms with E-state index in [1.165, 1.54) is 0 Å². The predicted octanol–water partition coefficient (Wildman–Crippen LogP) is 6.06. The smallest absolute Gasteiger partial charge is 0.272 e. The number of carbonyl (C=O) groups excluding carboxylic acids is 3. The Labute approximate surface area is 325 Å². The summed E-state index contributed by atoms with van der Waals surface area (Å²) in [6, 6.07) is 13.5. The normalized spacial score (nSPS) is 20.7. The molecule has 1 saturated carbocycles. The summed E-state index contributed by atoms with van der Waals surface area (Å²) in [7, 11) is 1.86. The number of fused-ring (bicyclic) bond motifs is 1. The number of terminal acetylenes is 3. The second-order valence-corrected chi connectivity index (χ2v) is 13.7. The van der Waals surface area contributed by atoms with E-state index in [0.29, 0.717) is 23.9 Å². The maximum absolute atomic E-state index is 13.3. The zero-order valence-electron chi connectivity index (χ0n) is 34.0. The van der Waals surface area contributed by atoms with Crippen molar-refractivity contribution in [3.8, 4) is 38.5 Å². The Kier molecular flexibility index (Phi) is 19.3. The highest BCUT2D eigenvalue weighted by Crippen LogP contribution is 2.63. The van der Waals surface area contributed by atoms with Gasteiger partial charge in [0.25, 0.3) is 5.91 Å². The molecule has 3 aliphatic heterocycles. The number of nitrogens with one attached hydrogen (secondary N) is 2. The number of hydrogen-bond acceptors (Lipinski definition) is 7. The van der Waals surface area contributed by atoms with Gasteiger partial charge in [-0.05, 0) is 49.7 Å². The molecule has 2 amide bonds. The molecule has 4 aliphatic rings. The molecule has 2 N–H and O–H groups in total. The third kappa shape index (κ3) is 10.1. The van der Waals surface area contributed by atoms with E-state index in [9.17, 15) is 14.4 Å². The standard InChI is InChI=1S/C25H38N6O2.C9H7NO.2C2H6.3C2H2/c1-6-28-9-11-29(12-10-28)18-7-8-19(27-14-18)22(32)30-15-17-13-25(17)20(30)16-31(25)23(33)21(26-5)24(2,3)4;11-6-8-5-7-3-1-2-4-9(7)10-8;5*1-2/h7-8,14,17,20-21,26H,6,9-13,15-16H2,1-5H3;1-6,10H;2*1-2H3;3*1-2H. The van der Waals surface area contributed by atoms with E-state index < -0.39 is 0 Å². The summed E-state index contributed by atoms with van der Waals surface area (Å²) in [6.45, 7) is 23.0. The summed E-state index contributed by atoms with van der Waals surface area (Å²) in [5.74, 6) is 0.571. The molecular formula is C44H63N7O3. The monoisotopic (exact) mass is 737 g/mol. The molecule has 54 heavy (non-hydrogen) atoms. The zero-order valence-corrected chi connectivity index (χ0v) is 34.0. The Bertz CT molecular complexity index is 1610. The number of H-pyrrole nitrogens is 1. The van der Waals surface area contributed by atoms with Crippen LogP contribution in [0.5, 0.6) is 0 Å². The molecule has 2 aromatic heterocycles. The number of carbonyl (C=O) groups is 3. The number of nitrogens with zero attached hydrogens (tertiary/aromatic N) is 5. The Balaban J connectivity index is 0.000000577. The minimum Gasteiger partial charge on any atom is -0.368 e. The van der Waals surface area contributed by atoms with Crippen LogP contribution in [0.4, 0.5) is 5.69 Å². The molecule has 7 rings (SSSR count). The first kappa shape index (κ1) is 46.9. The number of para-hydroxylation sites is 1. The van der Waals surface area contributed by atoms with Crippen LogP contribution in [0.1, 0.15) is 82.8 Å². The lowest BCUT2D eigenvalue weighted by atomic mass is 9.83. The molecule has 0 radical (unpaired) electrons. The molecule has 3 saturated heterocycles. The lowest BCUT2D eigenvalue weighted by Crippen LogP contribution is -2.71. The summed E-state index contributed by atoms with van der Waals surface area (Å²) < 4.78 is 0. The minimum absolute atomic E-state index is 0.00186. The molecule has 4 atom stereocenters. The first-order chi connectivity index (χ1) is 26.1. The van der Waals surface area contributed by atoms with Crippen molar-refractivity contribution < 1.29 is 14.4 Å². The maximum Gasteiger partial charge on any atom is 0.272 e. The van der Waals surface area contributed by atoms with Gasteiger partial charge in [-0.15, -0.1) is 38.5 Å². The SMILES string of the molecule is C#C.C#C.C#C.CC.CC.CCN1CCN(c2ccc(C(=O)N3CC4CC45C3CN5C(=O)C(NC)C(C)(C)C)nc2)CC1.O=Cc1cc2ccccc2[nH]1. The van der Waals surface area contributed by atoms with Crippen LogP contribution in [0.15, 0.2) is 48.7 Å². The molecule has 5 heterocycles. The van der Waals surface area contributed by atoms with Gasteiger partial charge in [0, 0.05) is 56.1 Å². The highest BCUT2D eigenvalue weighted by molar-refractivity contribution is 5.94. The molecule has 292 valence electrons. The van der Waals surface area contributed by atoms with Gasteiger partial charge in [0.1, 0.15) is 5.69 Å². The van der Waals surface area contributed by atoms with Gasteiger partial charge in [-0.25, -0.2) is 4.98 Å². The van der Waals surface area contributed by atoms with E-state index in [4.69, 9.17) is 0 Å². The number of piperazine rings is 1. The summed E-state index contributed by atoms with van der Waals surface area (Å²) in [5, 5.41) is 4.29. The van der Waals surface area contributed by atoms with Crippen LogP contribution in [0.2, 0.25) is 0 Å². The number of aldehydes is 1. The van der Waals surface area contributed by atoms with Crippen molar-refractivity contribution in [3.05, 3.63) is 60.0 Å². The zero-order chi connectivity index (χ0) is 41.2. The predicted molar refractivity (Wildman–Crippen MR) is 224 cm³/mol. The quantitative estimate of drug-likeness (QED) is 0.234. The maximum atomic E-state index is 13.3. The second kappa shape index (κ2) is 22.2. The van der Waals surface area contributed by atoms with Crippen LogP contribution < -0.4 is 10.2 Å². The molecule has 0 bridgehead atoms. The van der Waals surface area contributed by atoms with Gasteiger partial charge in [0.15, 0.2) is 6.29 Å². The summed E-state index contributed by atoms with van der Waals surface area (Å²) in [6.07, 6.45) is 27.7. The van der Waals surface area contributed by atoms with Crippen LogP contribution in [0.3, 0.4) is 0 Å². The summed E-state index contributed by atoms with van der Waals surface area (Å²) >= 11 is 0. The van der Waals surface area contributed by atoms with E-state index in [0.717, 1.165) is 68.6 Å². The van der Waals surface area contributed by atoms with Crippen LogP contribution in [0, 0.1) is 49.9 Å². The molecule has 4 fully saturated rings. The number of likely N-dealkylation sites (N-methyl/N-ethyl adjacent to an activating group) is 2. The molecule has 1 aliphatic carbocycles. The van der Waals surface area contributed by atoms with Crippen molar-refractivity contribution in [2.24, 2.45) is 11.3 Å². The van der Waals surface area contributed by atoms with Gasteiger partial charge in [-0.1, -0.05) is 73.6 Å². The Morgan fingerprint density at radius 1 is 0.963 bits per heavy atom. The molecule has 10 heteroatoms. The average molecular weight is 738 g/mol. The van der Waals surface area contributed by atoms with Crippen molar-refractivity contribution in [2.75, 3.05) is 57.8 Å². The summed E-state index contributed by atoms with van der Waals surface area (Å²) in [5.41, 5.74) is 2.95. The van der Waals surface area contributed by atoms with Crippen molar-refractivity contribution in [1.82, 2.24) is 30.0 Å². The van der Waals surface area contributed by atoms with E-state index in [1.807, 2.05) is 88.3 Å². The van der Waals surface area contributed by atoms with Crippen molar-refractivity contribution >= 4 is 34.7 Å². The third-order valence-corrected chi connectivity index (χ3v) is 10.1. The molecule has 3 aromatic rings. The molecular weight excluding hydrogens is 675 g/mol. The topological polar surface area (TPSA) is 105 Å². The summed E-state index contributed by atoms with van der Waals surface area (Å²) in [4.78, 5) is 53.3. The fourth-order valence-corrected chi connectivity index (χ4v) is 7.53. The molecule has 1 spiro atoms. The van der Waals surface area contributed by atoms with Gasteiger partial charge in [0.2, 0.25) is 5.91 Å². The largest absolute Gasteiger partial charge is 0.368 e. The molecule has 10 nitrogen and oxygen atoms in total. The van der Waals surface area contributed by atoms with E-state index in [2.05, 4.69) is 96.2 Å². The fraction of sp³-hybridized carbons (Fsp3) is 0.500. The Morgan fingerprint density at radius 2 is 1.57 bits per heavy atom. The molecule has 4 unspecified atom stereocenters. The molecule has 1 aromatic carbocycles. The van der Waals surface area contributed by atoms with E-state index >= 15 is 0 Å². The minimum atomic E-state index is -0.216. The number of hydrogen-bond donors (Lipinski definition) is 2. The van der Waals surface area contributed by atoms with Crippen molar-refractivity contribution in [3.63, 3.8) is 0 Å². The Morgan fingerprint density at radius 3 is 2.07 bits per heavy atom. The Hall–Kier alpha value is -5.08. The van der Waals surface area contributed by atoms with E-state index in [-0.39, 0.29) is 34.9 Å². The van der Waals surface area contributed by atoms with E-state index in [1.54, 1.807) is 0 Å². The highest BCUT2D eigenvalue weighted by Gasteiger charge is 2.77. The number of benzene rings is 1. The number of pyridine rings is 1. The number of rotatable bonds is 6. The number of aromatic amines is 1. The fourth-order valence-electron chi connectivity index (χ4n) is 7.53. The second-order valence-electron chi connectivity index (χ2n) is 13.7. The van der Waals surface area contributed by atoms with Gasteiger partial charge in [0.05, 0.1) is 35.2 Å². The first-order valence-corrected chi connectivity index (χ1v) is 18.9. The number of amides is 2.